The molecule has 0 aliphatic heterocycles. The fourth-order valence-corrected chi connectivity index (χ4v) is 4.16. The molecule has 8 nitrogen and oxygen atoms in total. The van der Waals surface area contributed by atoms with Crippen LogP contribution >= 0.6 is 11.6 Å². The number of nitrogens with one attached hydrogen (secondary N) is 2. The summed E-state index contributed by atoms with van der Waals surface area (Å²) in [6.07, 6.45) is 2.39. The number of amides is 2. The summed E-state index contributed by atoms with van der Waals surface area (Å²) in [7, 11) is 1.56. The highest BCUT2D eigenvalue weighted by molar-refractivity contribution is 6.32. The number of carbonyl (C=O) groups is 3. The van der Waals surface area contributed by atoms with Crippen molar-refractivity contribution in [3.05, 3.63) is 70.6 Å². The number of ketones is 1. The second-order valence-corrected chi connectivity index (χ2v) is 9.46. The van der Waals surface area contributed by atoms with Crippen molar-refractivity contribution < 1.29 is 19.1 Å². The van der Waals surface area contributed by atoms with Crippen LogP contribution in [-0.2, 0) is 17.8 Å². The number of rotatable bonds is 11. The van der Waals surface area contributed by atoms with Crippen LogP contribution in [0.3, 0.4) is 0 Å². The molecule has 0 aliphatic carbocycles. The molecule has 0 bridgehead atoms. The summed E-state index contributed by atoms with van der Waals surface area (Å²) in [4.78, 5) is 41.5. The Morgan fingerprint density at radius 1 is 1.11 bits per heavy atom. The number of aryl methyl sites for hydroxylation is 1. The Labute approximate surface area is 222 Å². The fraction of sp³-hybridized carbons (Fsp3) is 0.357. The van der Waals surface area contributed by atoms with Crippen LogP contribution in [0.4, 0.5) is 0 Å². The van der Waals surface area contributed by atoms with Crippen molar-refractivity contribution >= 4 is 29.2 Å². The summed E-state index contributed by atoms with van der Waals surface area (Å²) in [6, 6.07) is 12.2. The number of benzene rings is 2. The lowest BCUT2D eigenvalue weighted by Crippen LogP contribution is -2.40. The first-order valence-corrected chi connectivity index (χ1v) is 12.6. The average molecular weight is 525 g/mol. The van der Waals surface area contributed by atoms with Gasteiger partial charge in [0.25, 0.3) is 5.91 Å². The van der Waals surface area contributed by atoms with Gasteiger partial charge in [-0.25, -0.2) is 4.98 Å². The Morgan fingerprint density at radius 3 is 2.35 bits per heavy atom. The van der Waals surface area contributed by atoms with Crippen molar-refractivity contribution in [3.63, 3.8) is 0 Å². The molecule has 3 aromatic rings. The largest absolute Gasteiger partial charge is 0.489 e. The molecule has 0 spiro atoms. The SMILES string of the molecule is CCn1cc(-c2ccc(CC(CC(=O)NC)NC(=O)c3ccc(OC(C)C)c(Cl)c3)cc2)nc1C(C)=O. The number of Topliss-reactive ketones (excluding diaryl/α,β-unsaturated/α-hetero) is 1. The first-order valence-electron chi connectivity index (χ1n) is 12.3. The number of carbonyl (C=O) groups excluding carboxylic acids is 3. The van der Waals surface area contributed by atoms with E-state index in [1.807, 2.05) is 55.8 Å². The normalized spacial score (nSPS) is 11.8. The molecule has 0 fully saturated rings. The molecule has 9 heteroatoms. The Hall–Kier alpha value is -3.65. The second kappa shape index (κ2) is 12.5. The Morgan fingerprint density at radius 2 is 1.81 bits per heavy atom. The maximum absolute atomic E-state index is 13.0. The third-order valence-corrected chi connectivity index (χ3v) is 6.06. The maximum Gasteiger partial charge on any atom is 0.251 e. The molecule has 1 heterocycles. The molecule has 196 valence electrons. The van der Waals surface area contributed by atoms with E-state index in [0.29, 0.717) is 35.1 Å². The number of aromatic nitrogens is 2. The quantitative estimate of drug-likeness (QED) is 0.354. The predicted octanol–water partition coefficient (Wildman–Crippen LogP) is 4.69. The van der Waals surface area contributed by atoms with E-state index < -0.39 is 6.04 Å². The molecule has 0 saturated carbocycles. The van der Waals surface area contributed by atoms with E-state index in [4.69, 9.17) is 16.3 Å². The smallest absolute Gasteiger partial charge is 0.251 e. The highest BCUT2D eigenvalue weighted by Gasteiger charge is 2.19. The summed E-state index contributed by atoms with van der Waals surface area (Å²) in [6.45, 7) is 7.91. The highest BCUT2D eigenvalue weighted by Crippen LogP contribution is 2.27. The van der Waals surface area contributed by atoms with Crippen LogP contribution in [0.1, 0.15) is 60.7 Å². The van der Waals surface area contributed by atoms with Crippen LogP contribution in [0.2, 0.25) is 5.02 Å². The number of halogens is 1. The highest BCUT2D eigenvalue weighted by atomic mass is 35.5. The van der Waals surface area contributed by atoms with E-state index in [2.05, 4.69) is 15.6 Å². The minimum atomic E-state index is -0.438. The zero-order valence-electron chi connectivity index (χ0n) is 21.8. The lowest BCUT2D eigenvalue weighted by Gasteiger charge is -2.19. The van der Waals surface area contributed by atoms with Gasteiger partial charge in [0.1, 0.15) is 5.75 Å². The van der Waals surface area contributed by atoms with E-state index in [1.54, 1.807) is 25.2 Å². The van der Waals surface area contributed by atoms with Crippen LogP contribution < -0.4 is 15.4 Å². The summed E-state index contributed by atoms with van der Waals surface area (Å²) >= 11 is 6.30. The fourth-order valence-electron chi connectivity index (χ4n) is 3.93. The van der Waals surface area contributed by atoms with Gasteiger partial charge in [0.2, 0.25) is 5.91 Å². The van der Waals surface area contributed by atoms with E-state index in [-0.39, 0.29) is 30.1 Å². The van der Waals surface area contributed by atoms with Gasteiger partial charge < -0.3 is 19.9 Å². The first kappa shape index (κ1) is 27.9. The molecular weight excluding hydrogens is 492 g/mol. The second-order valence-electron chi connectivity index (χ2n) is 9.05. The van der Waals surface area contributed by atoms with Crippen molar-refractivity contribution in [3.8, 4) is 17.0 Å². The molecule has 0 aliphatic rings. The van der Waals surface area contributed by atoms with Gasteiger partial charge in [-0.15, -0.1) is 0 Å². The Balaban J connectivity index is 1.75. The van der Waals surface area contributed by atoms with Crippen LogP contribution in [0.15, 0.2) is 48.7 Å². The average Bonchev–Trinajstić information content (AvgIpc) is 3.30. The van der Waals surface area contributed by atoms with Gasteiger partial charge in [0.15, 0.2) is 11.6 Å². The topological polar surface area (TPSA) is 102 Å². The third kappa shape index (κ3) is 7.43. The number of nitrogens with zero attached hydrogens (tertiary/aromatic N) is 2. The minimum absolute atomic E-state index is 0.0426. The van der Waals surface area contributed by atoms with E-state index in [0.717, 1.165) is 16.8 Å². The van der Waals surface area contributed by atoms with Crippen LogP contribution in [0, 0.1) is 0 Å². The monoisotopic (exact) mass is 524 g/mol. The molecule has 3 rings (SSSR count). The first-order chi connectivity index (χ1) is 17.6. The number of hydrogen-bond acceptors (Lipinski definition) is 5. The maximum atomic E-state index is 13.0. The summed E-state index contributed by atoms with van der Waals surface area (Å²) in [5.41, 5.74) is 2.92. The predicted molar refractivity (Wildman–Crippen MR) is 144 cm³/mol. The molecule has 0 radical (unpaired) electrons. The Bertz CT molecular complexity index is 1270. The Kier molecular flexibility index (Phi) is 9.47. The van der Waals surface area contributed by atoms with Gasteiger partial charge in [0, 0.05) is 50.3 Å². The molecular formula is C28H33ClN4O4. The minimum Gasteiger partial charge on any atom is -0.489 e. The van der Waals surface area contributed by atoms with Crippen molar-refractivity contribution in [2.75, 3.05) is 7.05 Å². The van der Waals surface area contributed by atoms with Gasteiger partial charge in [-0.1, -0.05) is 35.9 Å². The van der Waals surface area contributed by atoms with Crippen LogP contribution in [-0.4, -0.2) is 46.3 Å². The van der Waals surface area contributed by atoms with Crippen LogP contribution in [0.25, 0.3) is 11.3 Å². The molecule has 2 aromatic carbocycles. The standard InChI is InChI=1S/C28H33ClN4O4/c1-6-33-16-24(32-27(33)18(4)34)20-9-7-19(8-10-20)13-22(15-26(35)30-5)31-28(36)21-11-12-25(23(29)14-21)37-17(2)3/h7-12,14,16-17,22H,6,13,15H2,1-5H3,(H,30,35)(H,31,36). The zero-order chi connectivity index (χ0) is 27.1. The van der Waals surface area contributed by atoms with Crippen molar-refractivity contribution in [1.29, 1.82) is 0 Å². The van der Waals surface area contributed by atoms with Crippen molar-refractivity contribution in [2.45, 2.75) is 59.2 Å². The van der Waals surface area contributed by atoms with E-state index in [1.165, 1.54) is 6.92 Å². The molecule has 1 aromatic heterocycles. The molecule has 1 unspecified atom stereocenters. The van der Waals surface area contributed by atoms with Crippen molar-refractivity contribution in [1.82, 2.24) is 20.2 Å². The lowest BCUT2D eigenvalue weighted by atomic mass is 10.0. The van der Waals surface area contributed by atoms with Crippen molar-refractivity contribution in [2.24, 2.45) is 0 Å². The van der Waals surface area contributed by atoms with Crippen LogP contribution in [0.5, 0.6) is 5.75 Å². The number of hydrogen-bond donors (Lipinski definition) is 2. The van der Waals surface area contributed by atoms with E-state index >= 15 is 0 Å². The molecule has 0 saturated heterocycles. The number of ether oxygens (including phenoxy) is 1. The summed E-state index contributed by atoms with van der Waals surface area (Å²) in [5.74, 6) is 0.349. The van der Waals surface area contributed by atoms with Gasteiger partial charge in [0.05, 0.1) is 16.8 Å². The summed E-state index contributed by atoms with van der Waals surface area (Å²) in [5, 5.41) is 5.92. The molecule has 2 N–H and O–H groups in total. The summed E-state index contributed by atoms with van der Waals surface area (Å²) < 4.78 is 7.46. The number of imidazole rings is 1. The van der Waals surface area contributed by atoms with E-state index in [9.17, 15) is 14.4 Å². The third-order valence-electron chi connectivity index (χ3n) is 5.77. The van der Waals surface area contributed by atoms with Gasteiger partial charge in [-0.2, -0.15) is 0 Å². The lowest BCUT2D eigenvalue weighted by molar-refractivity contribution is -0.121. The molecule has 2 amide bonds. The van der Waals surface area contributed by atoms with Gasteiger partial charge in [-0.05, 0) is 51.0 Å². The van der Waals surface area contributed by atoms with Gasteiger partial charge >= 0.3 is 0 Å². The molecule has 37 heavy (non-hydrogen) atoms. The van der Waals surface area contributed by atoms with Gasteiger partial charge in [-0.3, -0.25) is 14.4 Å². The zero-order valence-corrected chi connectivity index (χ0v) is 22.6. The molecule has 1 atom stereocenters.